The summed E-state index contributed by atoms with van der Waals surface area (Å²) in [6, 6.07) is 9.62. The van der Waals surface area contributed by atoms with Crippen molar-refractivity contribution in [3.8, 4) is 11.4 Å². The van der Waals surface area contributed by atoms with Crippen LogP contribution in [0.15, 0.2) is 30.3 Å². The molecule has 0 fully saturated rings. The minimum absolute atomic E-state index is 0.361. The van der Waals surface area contributed by atoms with E-state index >= 15 is 0 Å². The number of aromatic nitrogens is 4. The first-order valence-electron chi connectivity index (χ1n) is 4.77. The van der Waals surface area contributed by atoms with Gasteiger partial charge in [0, 0.05) is 5.56 Å². The molecular formula is C10H12N4O. The lowest BCUT2D eigenvalue weighted by Gasteiger charge is -1.99. The molecule has 0 aliphatic heterocycles. The van der Waals surface area contributed by atoms with Gasteiger partial charge >= 0.3 is 0 Å². The van der Waals surface area contributed by atoms with Crippen molar-refractivity contribution < 1.29 is 5.11 Å². The number of rotatable bonds is 3. The average molecular weight is 204 g/mol. The molecule has 0 bridgehead atoms. The van der Waals surface area contributed by atoms with Gasteiger partial charge in [-0.2, -0.15) is 4.80 Å². The highest BCUT2D eigenvalue weighted by Gasteiger charge is 2.06. The Morgan fingerprint density at radius 2 is 2.07 bits per heavy atom. The van der Waals surface area contributed by atoms with Crippen molar-refractivity contribution in [2.24, 2.45) is 0 Å². The first kappa shape index (κ1) is 9.79. The van der Waals surface area contributed by atoms with Gasteiger partial charge in [-0.05, 0) is 12.1 Å². The predicted octanol–water partition coefficient (Wildman–Crippen LogP) is 0.721. The van der Waals surface area contributed by atoms with Gasteiger partial charge in [-0.15, -0.1) is 10.2 Å². The number of nitrogens with zero attached hydrogens (tertiary/aromatic N) is 4. The summed E-state index contributed by atoms with van der Waals surface area (Å²) >= 11 is 0. The fraction of sp³-hybridized carbons (Fsp3) is 0.300. The van der Waals surface area contributed by atoms with Gasteiger partial charge in [0.1, 0.15) is 0 Å². The average Bonchev–Trinajstić information content (AvgIpc) is 2.67. The zero-order chi connectivity index (χ0) is 10.7. The number of tetrazole rings is 1. The highest BCUT2D eigenvalue weighted by molar-refractivity contribution is 5.52. The Morgan fingerprint density at radius 1 is 1.33 bits per heavy atom. The smallest absolute Gasteiger partial charge is 0.204 e. The van der Waals surface area contributed by atoms with Crippen LogP contribution in [0.25, 0.3) is 11.4 Å². The molecule has 2 aromatic rings. The second-order valence-corrected chi connectivity index (χ2v) is 3.38. The molecule has 1 atom stereocenters. The van der Waals surface area contributed by atoms with Gasteiger partial charge in [-0.3, -0.25) is 0 Å². The second-order valence-electron chi connectivity index (χ2n) is 3.38. The van der Waals surface area contributed by atoms with Crippen LogP contribution in [-0.4, -0.2) is 31.4 Å². The summed E-state index contributed by atoms with van der Waals surface area (Å²) in [6.45, 7) is 2.05. The van der Waals surface area contributed by atoms with E-state index in [2.05, 4.69) is 15.4 Å². The standard InChI is InChI=1S/C10H12N4O/c1-8(15)7-14-12-10(11-13-14)9-5-3-2-4-6-9/h2-6,8,15H,7H2,1H3/t8-/m1/s1. The molecular weight excluding hydrogens is 192 g/mol. The highest BCUT2D eigenvalue weighted by atomic mass is 16.3. The molecule has 1 heterocycles. The predicted molar refractivity (Wildman–Crippen MR) is 54.9 cm³/mol. The lowest BCUT2D eigenvalue weighted by molar-refractivity contribution is 0.161. The molecule has 0 aliphatic carbocycles. The van der Waals surface area contributed by atoms with Gasteiger partial charge in [-0.25, -0.2) is 0 Å². The van der Waals surface area contributed by atoms with Gasteiger partial charge in [0.15, 0.2) is 0 Å². The van der Waals surface area contributed by atoms with Gasteiger partial charge in [0.2, 0.25) is 5.82 Å². The number of hydrogen-bond donors (Lipinski definition) is 1. The van der Waals surface area contributed by atoms with E-state index in [0.717, 1.165) is 5.56 Å². The van der Waals surface area contributed by atoms with E-state index in [0.29, 0.717) is 12.4 Å². The van der Waals surface area contributed by atoms with E-state index in [-0.39, 0.29) is 0 Å². The van der Waals surface area contributed by atoms with Crippen molar-refractivity contribution in [3.63, 3.8) is 0 Å². The maximum Gasteiger partial charge on any atom is 0.204 e. The molecule has 5 nitrogen and oxygen atoms in total. The Labute approximate surface area is 87.4 Å². The molecule has 1 aromatic carbocycles. The van der Waals surface area contributed by atoms with Gasteiger partial charge < -0.3 is 5.11 Å². The third-order valence-corrected chi connectivity index (χ3v) is 1.91. The fourth-order valence-electron chi connectivity index (χ4n) is 1.26. The van der Waals surface area contributed by atoms with Crippen molar-refractivity contribution >= 4 is 0 Å². The SMILES string of the molecule is C[C@@H](O)Cn1nnc(-c2ccccc2)n1. The first-order valence-corrected chi connectivity index (χ1v) is 4.77. The van der Waals surface area contributed by atoms with Crippen LogP contribution >= 0.6 is 0 Å². The van der Waals surface area contributed by atoms with Crippen LogP contribution in [0, 0.1) is 0 Å². The fourth-order valence-corrected chi connectivity index (χ4v) is 1.26. The van der Waals surface area contributed by atoms with Crippen LogP contribution in [0.2, 0.25) is 0 Å². The largest absolute Gasteiger partial charge is 0.391 e. The summed E-state index contributed by atoms with van der Waals surface area (Å²) in [5.41, 5.74) is 0.925. The van der Waals surface area contributed by atoms with Crippen molar-refractivity contribution in [1.29, 1.82) is 0 Å². The van der Waals surface area contributed by atoms with E-state index in [9.17, 15) is 0 Å². The van der Waals surface area contributed by atoms with Gasteiger partial charge in [-0.1, -0.05) is 30.3 Å². The van der Waals surface area contributed by atoms with Crippen LogP contribution in [-0.2, 0) is 6.54 Å². The minimum Gasteiger partial charge on any atom is -0.391 e. The van der Waals surface area contributed by atoms with E-state index in [4.69, 9.17) is 5.11 Å². The van der Waals surface area contributed by atoms with Crippen LogP contribution < -0.4 is 0 Å². The highest BCUT2D eigenvalue weighted by Crippen LogP contribution is 2.11. The van der Waals surface area contributed by atoms with Crippen LogP contribution in [0.5, 0.6) is 0 Å². The third-order valence-electron chi connectivity index (χ3n) is 1.91. The summed E-state index contributed by atoms with van der Waals surface area (Å²) in [5.74, 6) is 0.580. The molecule has 0 saturated heterocycles. The number of benzene rings is 1. The molecule has 5 heteroatoms. The Morgan fingerprint density at radius 3 is 2.73 bits per heavy atom. The van der Waals surface area contributed by atoms with E-state index < -0.39 is 6.10 Å². The van der Waals surface area contributed by atoms with Crippen molar-refractivity contribution in [3.05, 3.63) is 30.3 Å². The maximum atomic E-state index is 9.16. The third kappa shape index (κ3) is 2.38. The molecule has 1 N–H and O–H groups in total. The zero-order valence-electron chi connectivity index (χ0n) is 8.41. The zero-order valence-corrected chi connectivity index (χ0v) is 8.41. The molecule has 15 heavy (non-hydrogen) atoms. The minimum atomic E-state index is -0.470. The van der Waals surface area contributed by atoms with Crippen molar-refractivity contribution in [1.82, 2.24) is 20.2 Å². The van der Waals surface area contributed by atoms with Crippen LogP contribution in [0.4, 0.5) is 0 Å². The Kier molecular flexibility index (Phi) is 2.73. The van der Waals surface area contributed by atoms with Crippen molar-refractivity contribution in [2.45, 2.75) is 19.6 Å². The van der Waals surface area contributed by atoms with E-state index in [1.165, 1.54) is 4.80 Å². The maximum absolute atomic E-state index is 9.16. The topological polar surface area (TPSA) is 63.8 Å². The Hall–Kier alpha value is -1.75. The van der Waals surface area contributed by atoms with E-state index in [1.807, 2.05) is 30.3 Å². The van der Waals surface area contributed by atoms with E-state index in [1.54, 1.807) is 6.92 Å². The molecule has 0 aliphatic rings. The Balaban J connectivity index is 2.21. The Bertz CT molecular complexity index is 424. The summed E-state index contributed by atoms with van der Waals surface area (Å²) < 4.78 is 0. The molecule has 0 saturated carbocycles. The van der Waals surface area contributed by atoms with Crippen LogP contribution in [0.1, 0.15) is 6.92 Å². The molecule has 1 aromatic heterocycles. The number of hydrogen-bond acceptors (Lipinski definition) is 4. The molecule has 2 rings (SSSR count). The second kappa shape index (κ2) is 4.18. The summed E-state index contributed by atoms with van der Waals surface area (Å²) in [4.78, 5) is 1.40. The van der Waals surface area contributed by atoms with Crippen molar-refractivity contribution in [2.75, 3.05) is 0 Å². The summed E-state index contributed by atoms with van der Waals surface area (Å²) in [6.07, 6.45) is -0.470. The lowest BCUT2D eigenvalue weighted by Crippen LogP contribution is -2.14. The molecule has 0 unspecified atom stereocenters. The summed E-state index contributed by atoms with van der Waals surface area (Å²) in [5, 5.41) is 21.1. The molecule has 0 amide bonds. The number of aliphatic hydroxyl groups is 1. The van der Waals surface area contributed by atoms with Gasteiger partial charge in [0.05, 0.1) is 12.6 Å². The quantitative estimate of drug-likeness (QED) is 0.800. The van der Waals surface area contributed by atoms with Gasteiger partial charge in [0.25, 0.3) is 0 Å². The van der Waals surface area contributed by atoms with Crippen LogP contribution in [0.3, 0.4) is 0 Å². The normalized spacial score (nSPS) is 12.7. The molecule has 78 valence electrons. The molecule has 0 spiro atoms. The lowest BCUT2D eigenvalue weighted by atomic mass is 10.2. The summed E-state index contributed by atoms with van der Waals surface area (Å²) in [7, 11) is 0. The monoisotopic (exact) mass is 204 g/mol. The first-order chi connectivity index (χ1) is 7.25. The number of aliphatic hydroxyl groups excluding tert-OH is 1. The molecule has 0 radical (unpaired) electrons.